The van der Waals surface area contributed by atoms with E-state index in [1.807, 2.05) is 6.92 Å². The van der Waals surface area contributed by atoms with Crippen molar-refractivity contribution in [1.29, 1.82) is 5.26 Å². The van der Waals surface area contributed by atoms with Crippen LogP contribution in [0.1, 0.15) is 32.0 Å². The summed E-state index contributed by atoms with van der Waals surface area (Å²) >= 11 is 0. The fourth-order valence-corrected chi connectivity index (χ4v) is 1.81. The second-order valence-corrected chi connectivity index (χ2v) is 4.58. The van der Waals surface area contributed by atoms with Crippen molar-refractivity contribution in [3.8, 4) is 6.07 Å². The molecule has 0 aliphatic heterocycles. The molecule has 96 valence electrons. The van der Waals surface area contributed by atoms with E-state index in [0.29, 0.717) is 23.6 Å². The maximum atomic E-state index is 11.3. The number of rotatable bonds is 4. The fourth-order valence-electron chi connectivity index (χ4n) is 1.81. The summed E-state index contributed by atoms with van der Waals surface area (Å²) in [5.74, 6) is -0.410. The van der Waals surface area contributed by atoms with Crippen LogP contribution in [0, 0.1) is 18.3 Å². The Morgan fingerprint density at radius 2 is 2.17 bits per heavy atom. The van der Waals surface area contributed by atoms with Gasteiger partial charge in [0.05, 0.1) is 11.6 Å². The first-order chi connectivity index (χ1) is 8.32. The van der Waals surface area contributed by atoms with Crippen molar-refractivity contribution in [2.45, 2.75) is 33.2 Å². The molecule has 0 bridgehead atoms. The summed E-state index contributed by atoms with van der Waals surface area (Å²) in [4.78, 5) is 17.3. The molecule has 0 aromatic carbocycles. The van der Waals surface area contributed by atoms with Crippen molar-refractivity contribution in [2.24, 2.45) is 0 Å². The molecule has 0 saturated heterocycles. The van der Waals surface area contributed by atoms with Crippen LogP contribution in [0.25, 0.3) is 0 Å². The largest absolute Gasteiger partial charge is 0.480 e. The van der Waals surface area contributed by atoms with Gasteiger partial charge in [-0.05, 0) is 39.8 Å². The molecule has 0 fully saturated rings. The number of aliphatic carboxylic acids is 1. The molecule has 0 amide bonds. The first-order valence-corrected chi connectivity index (χ1v) is 5.72. The van der Waals surface area contributed by atoms with Crippen LogP contribution in [0.5, 0.6) is 0 Å². The lowest BCUT2D eigenvalue weighted by molar-refractivity contribution is -0.142. The number of likely N-dealkylation sites (N-methyl/N-ethyl adjacent to an activating group) is 1. The minimum Gasteiger partial charge on any atom is -0.480 e. The zero-order valence-corrected chi connectivity index (χ0v) is 11.1. The molecule has 1 rings (SSSR count). The van der Waals surface area contributed by atoms with E-state index in [9.17, 15) is 9.90 Å². The number of carboxylic acids is 1. The van der Waals surface area contributed by atoms with Crippen molar-refractivity contribution < 1.29 is 9.90 Å². The van der Waals surface area contributed by atoms with Crippen molar-refractivity contribution in [1.82, 2.24) is 4.98 Å². The molecular formula is C13H17N3O2. The normalized spacial score (nSPS) is 10.8. The maximum absolute atomic E-state index is 11.3. The van der Waals surface area contributed by atoms with Crippen molar-refractivity contribution in [2.75, 3.05) is 11.4 Å². The molecule has 0 radical (unpaired) electrons. The third kappa shape index (κ3) is 2.59. The second-order valence-electron chi connectivity index (χ2n) is 4.58. The Hall–Kier alpha value is -2.09. The standard InChI is InChI=1S/C13H17N3O2/c1-5-16(13(3,4)12(17)18)11-7-10(8-14)6-9(2)15-11/h6-7H,5H2,1-4H3,(H,17,18). The molecular weight excluding hydrogens is 230 g/mol. The first-order valence-electron chi connectivity index (χ1n) is 5.72. The number of nitriles is 1. The highest BCUT2D eigenvalue weighted by Crippen LogP contribution is 2.23. The van der Waals surface area contributed by atoms with E-state index in [2.05, 4.69) is 11.1 Å². The van der Waals surface area contributed by atoms with E-state index < -0.39 is 11.5 Å². The number of anilines is 1. The molecule has 0 unspecified atom stereocenters. The summed E-state index contributed by atoms with van der Waals surface area (Å²) in [5, 5.41) is 18.2. The van der Waals surface area contributed by atoms with Crippen LogP contribution in [0.4, 0.5) is 5.82 Å². The van der Waals surface area contributed by atoms with Crippen molar-refractivity contribution >= 4 is 11.8 Å². The summed E-state index contributed by atoms with van der Waals surface area (Å²) in [6.07, 6.45) is 0. The van der Waals surface area contributed by atoms with Crippen molar-refractivity contribution in [3.05, 3.63) is 23.4 Å². The lowest BCUT2D eigenvalue weighted by atomic mass is 10.0. The van der Waals surface area contributed by atoms with Gasteiger partial charge < -0.3 is 10.0 Å². The van der Waals surface area contributed by atoms with Gasteiger partial charge >= 0.3 is 5.97 Å². The summed E-state index contributed by atoms with van der Waals surface area (Å²) < 4.78 is 0. The smallest absolute Gasteiger partial charge is 0.328 e. The number of aryl methyl sites for hydroxylation is 1. The van der Waals surface area contributed by atoms with Gasteiger partial charge in [0, 0.05) is 12.2 Å². The lowest BCUT2D eigenvalue weighted by Crippen LogP contribution is -2.50. The zero-order chi connectivity index (χ0) is 13.9. The molecule has 18 heavy (non-hydrogen) atoms. The highest BCUT2D eigenvalue weighted by molar-refractivity contribution is 5.82. The topological polar surface area (TPSA) is 77.2 Å². The number of carboxylic acid groups (broad SMARTS) is 1. The van der Waals surface area contributed by atoms with Crippen LogP contribution in [0.3, 0.4) is 0 Å². The van der Waals surface area contributed by atoms with Gasteiger partial charge in [-0.15, -0.1) is 0 Å². The van der Waals surface area contributed by atoms with Crippen LogP contribution in [-0.2, 0) is 4.79 Å². The van der Waals surface area contributed by atoms with E-state index >= 15 is 0 Å². The van der Waals surface area contributed by atoms with Crippen LogP contribution < -0.4 is 4.90 Å². The third-order valence-corrected chi connectivity index (χ3v) is 2.86. The predicted octanol–water partition coefficient (Wildman–Crippen LogP) is 1.95. The van der Waals surface area contributed by atoms with Crippen molar-refractivity contribution in [3.63, 3.8) is 0 Å². The quantitative estimate of drug-likeness (QED) is 0.879. The Kier molecular flexibility index (Phi) is 3.92. The third-order valence-electron chi connectivity index (χ3n) is 2.86. The highest BCUT2D eigenvalue weighted by atomic mass is 16.4. The molecule has 0 atom stereocenters. The predicted molar refractivity (Wildman–Crippen MR) is 68.4 cm³/mol. The van der Waals surface area contributed by atoms with Gasteiger partial charge in [-0.25, -0.2) is 9.78 Å². The Labute approximate surface area is 107 Å². The monoisotopic (exact) mass is 247 g/mol. The van der Waals surface area contributed by atoms with Gasteiger partial charge in [0.15, 0.2) is 0 Å². The van der Waals surface area contributed by atoms with E-state index in [1.54, 1.807) is 37.8 Å². The SMILES string of the molecule is CCN(c1cc(C#N)cc(C)n1)C(C)(C)C(=O)O. The molecule has 1 aromatic heterocycles. The molecule has 1 heterocycles. The summed E-state index contributed by atoms with van der Waals surface area (Å²) in [7, 11) is 0. The minimum atomic E-state index is -1.07. The Balaban J connectivity index is 3.30. The second kappa shape index (κ2) is 5.05. The number of pyridine rings is 1. The van der Waals surface area contributed by atoms with E-state index in [-0.39, 0.29) is 0 Å². The molecule has 0 spiro atoms. The molecule has 0 aliphatic rings. The average molecular weight is 247 g/mol. The Bertz CT molecular complexity index is 503. The van der Waals surface area contributed by atoms with Gasteiger partial charge in [-0.3, -0.25) is 0 Å². The van der Waals surface area contributed by atoms with E-state index in [0.717, 1.165) is 0 Å². The highest BCUT2D eigenvalue weighted by Gasteiger charge is 2.34. The number of aromatic nitrogens is 1. The first kappa shape index (κ1) is 14.0. The van der Waals surface area contributed by atoms with Gasteiger partial charge in [-0.1, -0.05) is 0 Å². The van der Waals surface area contributed by atoms with E-state index in [1.165, 1.54) is 0 Å². The zero-order valence-electron chi connectivity index (χ0n) is 11.1. The molecule has 5 heteroatoms. The summed E-state index contributed by atoms with van der Waals surface area (Å²) in [5.41, 5.74) is 0.114. The summed E-state index contributed by atoms with van der Waals surface area (Å²) in [6.45, 7) is 7.39. The van der Waals surface area contributed by atoms with Crippen LogP contribution >= 0.6 is 0 Å². The maximum Gasteiger partial charge on any atom is 0.328 e. The van der Waals surface area contributed by atoms with Crippen LogP contribution in [0.15, 0.2) is 12.1 Å². The van der Waals surface area contributed by atoms with Gasteiger partial charge in [0.1, 0.15) is 11.4 Å². The molecule has 0 aliphatic carbocycles. The van der Waals surface area contributed by atoms with Gasteiger partial charge in [0.25, 0.3) is 0 Å². The Morgan fingerprint density at radius 1 is 1.56 bits per heavy atom. The molecule has 1 N–H and O–H groups in total. The Morgan fingerprint density at radius 3 is 2.61 bits per heavy atom. The number of hydrogen-bond acceptors (Lipinski definition) is 4. The molecule has 0 saturated carbocycles. The van der Waals surface area contributed by atoms with Crippen LogP contribution in [0.2, 0.25) is 0 Å². The number of carbonyl (C=O) groups is 1. The lowest BCUT2D eigenvalue weighted by Gasteiger charge is -2.35. The van der Waals surface area contributed by atoms with Crippen LogP contribution in [-0.4, -0.2) is 28.1 Å². The molecule has 1 aromatic rings. The molecule has 5 nitrogen and oxygen atoms in total. The van der Waals surface area contributed by atoms with E-state index in [4.69, 9.17) is 5.26 Å². The fraction of sp³-hybridized carbons (Fsp3) is 0.462. The van der Waals surface area contributed by atoms with Gasteiger partial charge in [0.2, 0.25) is 0 Å². The minimum absolute atomic E-state index is 0.483. The van der Waals surface area contributed by atoms with Gasteiger partial charge in [-0.2, -0.15) is 5.26 Å². The average Bonchev–Trinajstić information content (AvgIpc) is 2.28. The number of hydrogen-bond donors (Lipinski definition) is 1. The summed E-state index contributed by atoms with van der Waals surface area (Å²) in [6, 6.07) is 5.34. The number of nitrogens with zero attached hydrogens (tertiary/aromatic N) is 3.